The van der Waals surface area contributed by atoms with Gasteiger partial charge in [0.1, 0.15) is 30.7 Å². The second-order valence-electron chi connectivity index (χ2n) is 12.9. The lowest BCUT2D eigenvalue weighted by Crippen LogP contribution is -2.61. The number of ether oxygens (including phenoxy) is 2. The minimum Gasteiger partial charge on any atom is -0.431 e. The maximum absolute atomic E-state index is 12.9. The summed E-state index contributed by atoms with van der Waals surface area (Å²) >= 11 is 0. The number of aldehydes is 1. The molecule has 0 amide bonds. The summed E-state index contributed by atoms with van der Waals surface area (Å²) in [6, 6.07) is 3.25. The SMILES string of the molecule is CC12CCC3C(CCC4=CC(O[C@@H]5OC(CO)[C@@H](O)C(O)C5O)CCC43C=O)C1(O)CCC2c1ccc(=O)oc1. The molecule has 0 bridgehead atoms. The van der Waals surface area contributed by atoms with E-state index in [-0.39, 0.29) is 17.8 Å². The molecular formula is C30H40O10. The van der Waals surface area contributed by atoms with Crippen molar-refractivity contribution in [3.63, 3.8) is 0 Å². The minimum absolute atomic E-state index is 0.0104. The fraction of sp³-hybridized carbons (Fsp3) is 0.733. The van der Waals surface area contributed by atoms with E-state index in [0.29, 0.717) is 25.7 Å². The molecule has 1 aliphatic heterocycles. The first-order valence-electron chi connectivity index (χ1n) is 14.5. The van der Waals surface area contributed by atoms with Crippen LogP contribution in [0.15, 0.2) is 39.3 Å². The first-order chi connectivity index (χ1) is 19.1. The minimum atomic E-state index is -1.52. The van der Waals surface area contributed by atoms with Crippen LogP contribution in [0, 0.1) is 22.7 Å². The maximum atomic E-state index is 12.9. The maximum Gasteiger partial charge on any atom is 0.335 e. The summed E-state index contributed by atoms with van der Waals surface area (Å²) in [6.45, 7) is 1.62. The van der Waals surface area contributed by atoms with Crippen molar-refractivity contribution in [3.05, 3.63) is 46.0 Å². The van der Waals surface area contributed by atoms with Crippen LogP contribution >= 0.6 is 0 Å². The van der Waals surface area contributed by atoms with Crippen molar-refractivity contribution >= 4 is 6.29 Å². The summed E-state index contributed by atoms with van der Waals surface area (Å²) in [5, 5.41) is 52.5. The topological polar surface area (TPSA) is 167 Å². The van der Waals surface area contributed by atoms with Crippen LogP contribution in [0.25, 0.3) is 0 Å². The van der Waals surface area contributed by atoms with E-state index in [1.807, 2.05) is 12.1 Å². The second-order valence-corrected chi connectivity index (χ2v) is 12.9. The number of fused-ring (bicyclic) bond motifs is 5. The van der Waals surface area contributed by atoms with Crippen molar-refractivity contribution in [2.24, 2.45) is 22.7 Å². The fourth-order valence-corrected chi connectivity index (χ4v) is 9.15. The van der Waals surface area contributed by atoms with Crippen LogP contribution < -0.4 is 5.63 Å². The second kappa shape index (κ2) is 10.1. The Bertz CT molecular complexity index is 1190. The van der Waals surface area contributed by atoms with Crippen molar-refractivity contribution in [3.8, 4) is 0 Å². The zero-order valence-electron chi connectivity index (χ0n) is 22.7. The fourth-order valence-electron chi connectivity index (χ4n) is 9.15. The highest BCUT2D eigenvalue weighted by atomic mass is 16.7. The largest absolute Gasteiger partial charge is 0.431 e. The molecule has 0 aromatic carbocycles. The van der Waals surface area contributed by atoms with E-state index < -0.39 is 65.5 Å². The van der Waals surface area contributed by atoms with Gasteiger partial charge in [-0.2, -0.15) is 0 Å². The Morgan fingerprint density at radius 2 is 1.82 bits per heavy atom. The average molecular weight is 561 g/mol. The predicted octanol–water partition coefficient (Wildman–Crippen LogP) is 1.17. The van der Waals surface area contributed by atoms with Gasteiger partial charge in [0.2, 0.25) is 0 Å². The molecule has 0 radical (unpaired) electrons. The van der Waals surface area contributed by atoms with Gasteiger partial charge in [-0.05, 0) is 80.8 Å². The lowest BCUT2D eigenvalue weighted by atomic mass is 9.45. The van der Waals surface area contributed by atoms with E-state index in [4.69, 9.17) is 13.9 Å². The quantitative estimate of drug-likeness (QED) is 0.260. The summed E-state index contributed by atoms with van der Waals surface area (Å²) < 4.78 is 16.7. The van der Waals surface area contributed by atoms with Gasteiger partial charge in [0, 0.05) is 11.5 Å². The van der Waals surface area contributed by atoms with E-state index in [1.165, 1.54) is 12.3 Å². The van der Waals surface area contributed by atoms with Gasteiger partial charge in [0.25, 0.3) is 0 Å². The molecule has 1 saturated heterocycles. The first kappa shape index (κ1) is 28.2. The normalized spacial score (nSPS) is 48.5. The van der Waals surface area contributed by atoms with Crippen LogP contribution in [-0.2, 0) is 14.3 Å². The van der Waals surface area contributed by atoms with Crippen molar-refractivity contribution in [2.75, 3.05) is 6.61 Å². The van der Waals surface area contributed by atoms with Crippen molar-refractivity contribution in [2.45, 2.75) is 107 Å². The molecule has 3 saturated carbocycles. The highest BCUT2D eigenvalue weighted by molar-refractivity contribution is 5.67. The predicted molar refractivity (Wildman–Crippen MR) is 140 cm³/mol. The summed E-state index contributed by atoms with van der Waals surface area (Å²) in [5.41, 5.74) is -0.520. The highest BCUT2D eigenvalue weighted by Gasteiger charge is 2.67. The van der Waals surface area contributed by atoms with Gasteiger partial charge in [-0.25, -0.2) is 4.79 Å². The summed E-state index contributed by atoms with van der Waals surface area (Å²) in [6.07, 6.45) is 2.69. The van der Waals surface area contributed by atoms with Gasteiger partial charge in [0.05, 0.1) is 30.0 Å². The standard InChI is InChI=1S/C30H40O10/c1-28-9-7-20-21(30(28,37)11-8-19(28)16-2-5-23(33)38-14-16)4-3-17-12-18(6-10-29(17,20)15-32)39-27-26(36)25(35)24(34)22(13-31)40-27/h2,5,12,14-15,18-22,24-27,31,34-37H,3-4,6-11,13H2,1H3/t18?,19?,20?,21?,22?,24-,25?,26?,27-,28?,29?,30?/m1/s1. The molecule has 12 atom stereocenters. The number of allylic oxidation sites excluding steroid dienone is 1. The van der Waals surface area contributed by atoms with Crippen LogP contribution in [0.1, 0.15) is 69.8 Å². The van der Waals surface area contributed by atoms with Crippen LogP contribution in [-0.4, -0.2) is 80.8 Å². The third-order valence-electron chi connectivity index (χ3n) is 11.4. The Labute approximate surface area is 232 Å². The molecule has 4 fully saturated rings. The molecule has 5 N–H and O–H groups in total. The molecule has 10 heteroatoms. The zero-order valence-corrected chi connectivity index (χ0v) is 22.7. The van der Waals surface area contributed by atoms with E-state index in [1.54, 1.807) is 0 Å². The number of hydrogen-bond acceptors (Lipinski definition) is 10. The number of rotatable bonds is 5. The zero-order chi connectivity index (χ0) is 28.4. The van der Waals surface area contributed by atoms with Gasteiger partial charge >= 0.3 is 5.63 Å². The molecule has 2 heterocycles. The summed E-state index contributed by atoms with van der Waals surface area (Å²) in [7, 11) is 0. The Morgan fingerprint density at radius 1 is 1.02 bits per heavy atom. The Balaban J connectivity index is 1.23. The molecule has 1 aromatic heterocycles. The molecule has 4 aliphatic carbocycles. The molecule has 5 aliphatic rings. The molecule has 220 valence electrons. The van der Waals surface area contributed by atoms with E-state index >= 15 is 0 Å². The third kappa shape index (κ3) is 4.02. The van der Waals surface area contributed by atoms with Crippen molar-refractivity contribution < 1.29 is 44.2 Å². The van der Waals surface area contributed by atoms with Crippen LogP contribution in [0.4, 0.5) is 0 Å². The lowest BCUT2D eigenvalue weighted by Gasteiger charge is -2.61. The van der Waals surface area contributed by atoms with Crippen LogP contribution in [0.3, 0.4) is 0 Å². The van der Waals surface area contributed by atoms with Gasteiger partial charge in [0.15, 0.2) is 6.29 Å². The molecule has 6 rings (SSSR count). The number of aliphatic hydroxyl groups is 5. The molecular weight excluding hydrogens is 520 g/mol. The summed E-state index contributed by atoms with van der Waals surface area (Å²) in [4.78, 5) is 24.5. The smallest absolute Gasteiger partial charge is 0.335 e. The first-order valence-corrected chi connectivity index (χ1v) is 14.5. The monoisotopic (exact) mass is 560 g/mol. The number of carbonyl (C=O) groups is 1. The molecule has 10 unspecified atom stereocenters. The molecule has 40 heavy (non-hydrogen) atoms. The lowest BCUT2D eigenvalue weighted by molar-refractivity contribution is -0.308. The van der Waals surface area contributed by atoms with E-state index in [2.05, 4.69) is 6.92 Å². The third-order valence-corrected chi connectivity index (χ3v) is 11.4. The number of carbonyl (C=O) groups excluding carboxylic acids is 1. The Hall–Kier alpha value is -1.92. The van der Waals surface area contributed by atoms with Gasteiger partial charge in [-0.3, -0.25) is 0 Å². The summed E-state index contributed by atoms with van der Waals surface area (Å²) in [5.74, 6) is 0.00979. The van der Waals surface area contributed by atoms with Gasteiger partial charge in [-0.1, -0.05) is 18.6 Å². The van der Waals surface area contributed by atoms with Crippen molar-refractivity contribution in [1.82, 2.24) is 0 Å². The number of hydrogen-bond donors (Lipinski definition) is 5. The molecule has 1 aromatic rings. The Morgan fingerprint density at radius 3 is 2.52 bits per heavy atom. The van der Waals surface area contributed by atoms with Gasteiger partial charge < -0.3 is 44.2 Å². The van der Waals surface area contributed by atoms with Crippen molar-refractivity contribution in [1.29, 1.82) is 0 Å². The highest BCUT2D eigenvalue weighted by Crippen LogP contribution is 2.69. The van der Waals surface area contributed by atoms with Crippen LogP contribution in [0.5, 0.6) is 0 Å². The Kier molecular flexibility index (Phi) is 7.13. The average Bonchev–Trinajstić information content (AvgIpc) is 3.24. The molecule has 10 nitrogen and oxygen atoms in total. The molecule has 0 spiro atoms. The van der Waals surface area contributed by atoms with E-state index in [0.717, 1.165) is 43.1 Å². The van der Waals surface area contributed by atoms with Crippen LogP contribution in [0.2, 0.25) is 0 Å². The van der Waals surface area contributed by atoms with E-state index in [9.17, 15) is 35.1 Å². The number of aliphatic hydroxyl groups excluding tert-OH is 4. The van der Waals surface area contributed by atoms with Gasteiger partial charge in [-0.15, -0.1) is 0 Å².